The van der Waals surface area contributed by atoms with E-state index in [1.54, 1.807) is 48.7 Å². The van der Waals surface area contributed by atoms with E-state index in [1.165, 1.54) is 23.5 Å². The zero-order valence-electron chi connectivity index (χ0n) is 17.1. The van der Waals surface area contributed by atoms with Crippen molar-refractivity contribution in [2.75, 3.05) is 5.32 Å². The topological polar surface area (TPSA) is 111 Å². The molecule has 4 rings (SSSR count). The standard InChI is InChI=1S/C23H18ClN3O4S2/c24-19-4-2-1-3-16(19)13-22(28)27-17-7-10-20(21(14-17)33(25,29)30)31-18-8-5-15(6-9-18)23-26-11-12-32-23/h1-12,14H,13H2,(H,27,28)(H2,25,29,30). The third-order valence-corrected chi connectivity index (χ3v) is 6.73. The second-order valence-electron chi connectivity index (χ2n) is 6.99. The van der Waals surface area contributed by atoms with Crippen molar-refractivity contribution in [1.29, 1.82) is 0 Å². The summed E-state index contributed by atoms with van der Waals surface area (Å²) in [6.45, 7) is 0. The molecule has 3 aromatic carbocycles. The molecule has 0 spiro atoms. The van der Waals surface area contributed by atoms with E-state index >= 15 is 0 Å². The van der Waals surface area contributed by atoms with Gasteiger partial charge >= 0.3 is 0 Å². The Bertz CT molecular complexity index is 1390. The van der Waals surface area contributed by atoms with Crippen LogP contribution in [0.3, 0.4) is 0 Å². The summed E-state index contributed by atoms with van der Waals surface area (Å²) in [7, 11) is -4.13. The number of nitrogens with one attached hydrogen (secondary N) is 1. The number of aromatic nitrogens is 1. The number of sulfonamides is 1. The molecule has 0 atom stereocenters. The number of hydrogen-bond acceptors (Lipinski definition) is 6. The van der Waals surface area contributed by atoms with Crippen LogP contribution in [0.15, 0.2) is 83.2 Å². The van der Waals surface area contributed by atoms with Crippen LogP contribution in [-0.4, -0.2) is 19.3 Å². The van der Waals surface area contributed by atoms with Crippen molar-refractivity contribution < 1.29 is 17.9 Å². The number of nitrogens with zero attached hydrogens (tertiary/aromatic N) is 1. The first-order valence-corrected chi connectivity index (χ1v) is 12.5. The fourth-order valence-electron chi connectivity index (χ4n) is 3.07. The molecule has 0 bridgehead atoms. The van der Waals surface area contributed by atoms with Gasteiger partial charge in [0.05, 0.1) is 6.42 Å². The van der Waals surface area contributed by atoms with Crippen molar-refractivity contribution in [3.63, 3.8) is 0 Å². The number of halogens is 1. The van der Waals surface area contributed by atoms with Crippen LogP contribution in [0.25, 0.3) is 10.6 Å². The number of hydrogen-bond donors (Lipinski definition) is 2. The average Bonchev–Trinajstić information content (AvgIpc) is 3.31. The Hall–Kier alpha value is -3.24. The summed E-state index contributed by atoms with van der Waals surface area (Å²) in [6.07, 6.45) is 1.76. The van der Waals surface area contributed by atoms with E-state index in [1.807, 2.05) is 17.5 Å². The summed E-state index contributed by atoms with van der Waals surface area (Å²) in [5.74, 6) is 0.120. The maximum atomic E-state index is 12.4. The third-order valence-electron chi connectivity index (χ3n) is 4.60. The van der Waals surface area contributed by atoms with Crippen molar-refractivity contribution >= 4 is 44.6 Å². The first kappa shape index (κ1) is 22.9. The minimum Gasteiger partial charge on any atom is -0.456 e. The van der Waals surface area contributed by atoms with Gasteiger partial charge in [-0.25, -0.2) is 18.5 Å². The fraction of sp³-hybridized carbons (Fsp3) is 0.0435. The molecule has 0 saturated heterocycles. The summed E-state index contributed by atoms with van der Waals surface area (Å²) < 4.78 is 30.1. The largest absolute Gasteiger partial charge is 0.456 e. The predicted octanol–water partition coefficient (Wildman–Crippen LogP) is 5.08. The Morgan fingerprint density at radius 1 is 1.09 bits per heavy atom. The molecule has 1 amide bonds. The van der Waals surface area contributed by atoms with Gasteiger partial charge in [0.15, 0.2) is 0 Å². The minimum atomic E-state index is -4.13. The molecule has 0 aliphatic rings. The van der Waals surface area contributed by atoms with Gasteiger partial charge in [0.1, 0.15) is 21.4 Å². The van der Waals surface area contributed by atoms with Gasteiger partial charge in [-0.05, 0) is 54.1 Å². The number of carbonyl (C=O) groups is 1. The number of nitrogens with two attached hydrogens (primary N) is 1. The van der Waals surface area contributed by atoms with Gasteiger partial charge < -0.3 is 10.1 Å². The Morgan fingerprint density at radius 2 is 1.85 bits per heavy atom. The van der Waals surface area contributed by atoms with Crippen LogP contribution in [-0.2, 0) is 21.2 Å². The van der Waals surface area contributed by atoms with E-state index in [0.29, 0.717) is 16.3 Å². The van der Waals surface area contributed by atoms with E-state index in [2.05, 4.69) is 10.3 Å². The first-order chi connectivity index (χ1) is 15.8. The lowest BCUT2D eigenvalue weighted by Crippen LogP contribution is -2.17. The van der Waals surface area contributed by atoms with Gasteiger partial charge in [-0.1, -0.05) is 29.8 Å². The molecule has 0 unspecified atom stereocenters. The molecule has 0 radical (unpaired) electrons. The van der Waals surface area contributed by atoms with Crippen LogP contribution in [0, 0.1) is 0 Å². The van der Waals surface area contributed by atoms with E-state index < -0.39 is 10.0 Å². The maximum absolute atomic E-state index is 12.4. The van der Waals surface area contributed by atoms with Crippen molar-refractivity contribution in [2.24, 2.45) is 5.14 Å². The quantitative estimate of drug-likeness (QED) is 0.368. The van der Waals surface area contributed by atoms with Crippen molar-refractivity contribution in [1.82, 2.24) is 4.98 Å². The number of amides is 1. The van der Waals surface area contributed by atoms with Crippen LogP contribution in [0.1, 0.15) is 5.56 Å². The number of benzene rings is 3. The van der Waals surface area contributed by atoms with Crippen LogP contribution < -0.4 is 15.2 Å². The second-order valence-corrected chi connectivity index (χ2v) is 9.82. The summed E-state index contributed by atoms with van der Waals surface area (Å²) in [4.78, 5) is 16.4. The molecule has 10 heteroatoms. The molecular weight excluding hydrogens is 482 g/mol. The highest BCUT2D eigenvalue weighted by molar-refractivity contribution is 7.89. The van der Waals surface area contributed by atoms with Gasteiger partial charge in [-0.15, -0.1) is 11.3 Å². The Labute approximate surface area is 199 Å². The Kier molecular flexibility index (Phi) is 6.75. The molecule has 4 aromatic rings. The zero-order valence-corrected chi connectivity index (χ0v) is 19.5. The molecule has 1 aromatic heterocycles. The van der Waals surface area contributed by atoms with Gasteiger partial charge in [-0.2, -0.15) is 0 Å². The second kappa shape index (κ2) is 9.72. The third kappa shape index (κ3) is 5.77. The Balaban J connectivity index is 1.53. The molecule has 7 nitrogen and oxygen atoms in total. The summed E-state index contributed by atoms with van der Waals surface area (Å²) >= 11 is 7.61. The molecule has 0 fully saturated rings. The monoisotopic (exact) mass is 499 g/mol. The molecular formula is C23H18ClN3O4S2. The van der Waals surface area contributed by atoms with Crippen molar-refractivity contribution in [3.8, 4) is 22.1 Å². The number of ether oxygens (including phenoxy) is 1. The molecule has 168 valence electrons. The molecule has 33 heavy (non-hydrogen) atoms. The number of thiazole rings is 1. The van der Waals surface area contributed by atoms with E-state index in [9.17, 15) is 13.2 Å². The van der Waals surface area contributed by atoms with Crippen LogP contribution in [0.2, 0.25) is 5.02 Å². The highest BCUT2D eigenvalue weighted by Crippen LogP contribution is 2.32. The van der Waals surface area contributed by atoms with Gasteiger partial charge in [0, 0.05) is 27.9 Å². The number of rotatable bonds is 7. The predicted molar refractivity (Wildman–Crippen MR) is 129 cm³/mol. The smallest absolute Gasteiger partial charge is 0.241 e. The molecule has 1 heterocycles. The molecule has 0 saturated carbocycles. The number of carbonyl (C=O) groups excluding carboxylic acids is 1. The van der Waals surface area contributed by atoms with Crippen LogP contribution in [0.5, 0.6) is 11.5 Å². The summed E-state index contributed by atoms with van der Waals surface area (Å²) in [5.41, 5.74) is 1.84. The summed E-state index contributed by atoms with van der Waals surface area (Å²) in [5, 5.41) is 11.3. The Morgan fingerprint density at radius 3 is 2.52 bits per heavy atom. The highest BCUT2D eigenvalue weighted by Gasteiger charge is 2.18. The number of anilines is 1. The average molecular weight is 500 g/mol. The van der Waals surface area contributed by atoms with Gasteiger partial charge in [0.25, 0.3) is 0 Å². The molecule has 3 N–H and O–H groups in total. The normalized spacial score (nSPS) is 11.2. The highest BCUT2D eigenvalue weighted by atomic mass is 35.5. The lowest BCUT2D eigenvalue weighted by Gasteiger charge is -2.13. The lowest BCUT2D eigenvalue weighted by molar-refractivity contribution is -0.115. The minimum absolute atomic E-state index is 0.0358. The van der Waals surface area contributed by atoms with E-state index in [-0.39, 0.29) is 28.7 Å². The summed E-state index contributed by atoms with van der Waals surface area (Å²) in [6, 6.07) is 18.3. The zero-order chi connectivity index (χ0) is 23.4. The van der Waals surface area contributed by atoms with Crippen LogP contribution in [0.4, 0.5) is 5.69 Å². The van der Waals surface area contributed by atoms with E-state index in [4.69, 9.17) is 21.5 Å². The molecule has 0 aliphatic heterocycles. The fourth-order valence-corrected chi connectivity index (χ4v) is 4.60. The van der Waals surface area contributed by atoms with Crippen molar-refractivity contribution in [2.45, 2.75) is 11.3 Å². The number of primary sulfonamides is 1. The van der Waals surface area contributed by atoms with Crippen molar-refractivity contribution in [3.05, 3.63) is 88.9 Å². The van der Waals surface area contributed by atoms with E-state index in [0.717, 1.165) is 10.6 Å². The first-order valence-electron chi connectivity index (χ1n) is 9.67. The molecule has 0 aliphatic carbocycles. The van der Waals surface area contributed by atoms with Gasteiger partial charge in [0.2, 0.25) is 15.9 Å². The maximum Gasteiger partial charge on any atom is 0.241 e. The SMILES string of the molecule is NS(=O)(=O)c1cc(NC(=O)Cc2ccccc2Cl)ccc1Oc1ccc(-c2nccs2)cc1. The van der Waals surface area contributed by atoms with Gasteiger partial charge in [-0.3, -0.25) is 4.79 Å². The lowest BCUT2D eigenvalue weighted by atomic mass is 10.1. The van der Waals surface area contributed by atoms with Crippen LogP contribution >= 0.6 is 22.9 Å².